The van der Waals surface area contributed by atoms with E-state index in [9.17, 15) is 9.59 Å². The number of rotatable bonds is 7. The Morgan fingerprint density at radius 1 is 1.17 bits per heavy atom. The fraction of sp³-hybridized carbons (Fsp3) is 0.529. The highest BCUT2D eigenvalue weighted by atomic mass is 16.5. The van der Waals surface area contributed by atoms with Crippen molar-refractivity contribution < 1.29 is 19.1 Å². The lowest BCUT2D eigenvalue weighted by molar-refractivity contribution is -0.146. The number of benzene rings is 1. The summed E-state index contributed by atoms with van der Waals surface area (Å²) in [6, 6.07) is 6.92. The van der Waals surface area contributed by atoms with E-state index >= 15 is 0 Å². The zero-order chi connectivity index (χ0) is 17.4. The number of amides is 2. The normalized spacial score (nSPS) is 16.2. The highest BCUT2D eigenvalue weighted by Crippen LogP contribution is 2.22. The second-order valence-electron chi connectivity index (χ2n) is 5.69. The van der Waals surface area contributed by atoms with Gasteiger partial charge in [0.05, 0.1) is 7.11 Å². The van der Waals surface area contributed by atoms with E-state index in [1.807, 2.05) is 0 Å². The molecule has 1 fully saturated rings. The van der Waals surface area contributed by atoms with Crippen molar-refractivity contribution >= 4 is 11.8 Å². The number of nitrogens with one attached hydrogen (secondary N) is 3. The van der Waals surface area contributed by atoms with E-state index in [-0.39, 0.29) is 11.8 Å². The maximum atomic E-state index is 12.4. The molecule has 0 spiro atoms. The summed E-state index contributed by atoms with van der Waals surface area (Å²) < 4.78 is 10.6. The van der Waals surface area contributed by atoms with E-state index in [1.54, 1.807) is 38.5 Å². The van der Waals surface area contributed by atoms with Crippen LogP contribution in [0.5, 0.6) is 5.75 Å². The summed E-state index contributed by atoms with van der Waals surface area (Å²) in [7, 11) is 3.12. The van der Waals surface area contributed by atoms with Crippen molar-refractivity contribution in [3.63, 3.8) is 0 Å². The molecule has 0 atom stereocenters. The Kier molecular flexibility index (Phi) is 6.57. The van der Waals surface area contributed by atoms with E-state index in [1.165, 1.54) is 0 Å². The lowest BCUT2D eigenvalue weighted by atomic mass is 9.91. The molecular formula is C17H25N3O4. The highest BCUT2D eigenvalue weighted by molar-refractivity contribution is 5.94. The Bertz CT molecular complexity index is 571. The van der Waals surface area contributed by atoms with Gasteiger partial charge in [-0.15, -0.1) is 0 Å². The van der Waals surface area contributed by atoms with Gasteiger partial charge in [0.1, 0.15) is 11.4 Å². The minimum atomic E-state index is -0.762. The molecule has 24 heavy (non-hydrogen) atoms. The maximum Gasteiger partial charge on any atom is 0.252 e. The molecule has 2 rings (SSSR count). The Hall–Kier alpha value is -2.12. The third kappa shape index (κ3) is 4.46. The minimum Gasteiger partial charge on any atom is -0.497 e. The molecule has 1 heterocycles. The lowest BCUT2D eigenvalue weighted by Crippen LogP contribution is -2.54. The highest BCUT2D eigenvalue weighted by Gasteiger charge is 2.39. The van der Waals surface area contributed by atoms with E-state index in [2.05, 4.69) is 16.0 Å². The fourth-order valence-electron chi connectivity index (χ4n) is 2.73. The van der Waals surface area contributed by atoms with Gasteiger partial charge >= 0.3 is 0 Å². The molecule has 1 aromatic carbocycles. The third-order valence-electron chi connectivity index (χ3n) is 4.24. The molecule has 1 aliphatic heterocycles. The quantitative estimate of drug-likeness (QED) is 0.624. The molecule has 1 aliphatic rings. The van der Waals surface area contributed by atoms with Crippen molar-refractivity contribution in [2.24, 2.45) is 0 Å². The first-order valence-electron chi connectivity index (χ1n) is 8.08. The second-order valence-corrected chi connectivity index (χ2v) is 5.69. The molecule has 132 valence electrons. The van der Waals surface area contributed by atoms with Crippen LogP contribution in [0.1, 0.15) is 23.2 Å². The van der Waals surface area contributed by atoms with Gasteiger partial charge in [-0.2, -0.15) is 0 Å². The van der Waals surface area contributed by atoms with Crippen LogP contribution in [0.15, 0.2) is 24.3 Å². The fourth-order valence-corrected chi connectivity index (χ4v) is 2.73. The first-order valence-corrected chi connectivity index (χ1v) is 8.08. The molecule has 7 heteroatoms. The number of carbonyl (C=O) groups is 2. The number of ether oxygens (including phenoxy) is 2. The van der Waals surface area contributed by atoms with Crippen molar-refractivity contribution in [1.82, 2.24) is 16.0 Å². The predicted octanol–water partition coefficient (Wildman–Crippen LogP) is 0.310. The first-order chi connectivity index (χ1) is 11.6. The Morgan fingerprint density at radius 2 is 1.88 bits per heavy atom. The van der Waals surface area contributed by atoms with Gasteiger partial charge in [0.15, 0.2) is 0 Å². The van der Waals surface area contributed by atoms with Crippen LogP contribution in [0.25, 0.3) is 0 Å². The molecule has 2 amide bonds. The van der Waals surface area contributed by atoms with Crippen LogP contribution >= 0.6 is 0 Å². The van der Waals surface area contributed by atoms with Gasteiger partial charge in [0.25, 0.3) is 11.8 Å². The van der Waals surface area contributed by atoms with Crippen LogP contribution in [-0.2, 0) is 9.53 Å². The number of piperidine rings is 1. The van der Waals surface area contributed by atoms with Crippen molar-refractivity contribution in [1.29, 1.82) is 0 Å². The largest absolute Gasteiger partial charge is 0.497 e. The average molecular weight is 335 g/mol. The summed E-state index contributed by atoms with van der Waals surface area (Å²) in [4.78, 5) is 24.4. The molecular weight excluding hydrogens is 310 g/mol. The zero-order valence-corrected chi connectivity index (χ0v) is 14.2. The van der Waals surface area contributed by atoms with Crippen LogP contribution in [0.3, 0.4) is 0 Å². The number of carbonyl (C=O) groups excluding carboxylic acids is 2. The SMILES string of the molecule is COc1cccc(C(=O)NCCNC(=O)C2(OC)CCNCC2)c1. The standard InChI is InChI=1S/C17H25N3O4/c1-23-14-5-3-4-13(12-14)15(21)19-10-11-20-16(22)17(24-2)6-8-18-9-7-17/h3-5,12,18H,6-11H2,1-2H3,(H,19,21)(H,20,22). The minimum absolute atomic E-state index is 0.123. The van der Waals surface area contributed by atoms with Crippen LogP contribution in [0.2, 0.25) is 0 Å². The molecule has 1 saturated heterocycles. The van der Waals surface area contributed by atoms with Gasteiger partial charge in [-0.3, -0.25) is 9.59 Å². The van der Waals surface area contributed by atoms with Crippen LogP contribution in [-0.4, -0.2) is 57.8 Å². The monoisotopic (exact) mass is 335 g/mol. The summed E-state index contributed by atoms with van der Waals surface area (Å²) >= 11 is 0. The summed E-state index contributed by atoms with van der Waals surface area (Å²) in [5.74, 6) is 0.303. The molecule has 0 aliphatic carbocycles. The van der Waals surface area contributed by atoms with Crippen LogP contribution < -0.4 is 20.7 Å². The molecule has 3 N–H and O–H groups in total. The van der Waals surface area contributed by atoms with Gasteiger partial charge in [0.2, 0.25) is 0 Å². The Morgan fingerprint density at radius 3 is 2.54 bits per heavy atom. The number of methoxy groups -OCH3 is 2. The predicted molar refractivity (Wildman–Crippen MR) is 90.2 cm³/mol. The molecule has 0 unspecified atom stereocenters. The molecule has 0 bridgehead atoms. The van der Waals surface area contributed by atoms with Crippen LogP contribution in [0.4, 0.5) is 0 Å². The van der Waals surface area contributed by atoms with Gasteiger partial charge < -0.3 is 25.4 Å². The Balaban J connectivity index is 1.77. The van der Waals surface area contributed by atoms with Gasteiger partial charge in [-0.25, -0.2) is 0 Å². The van der Waals surface area contributed by atoms with Crippen LogP contribution in [0, 0.1) is 0 Å². The summed E-state index contributed by atoms with van der Waals surface area (Å²) in [5, 5.41) is 8.83. The molecule has 0 aromatic heterocycles. The third-order valence-corrected chi connectivity index (χ3v) is 4.24. The van der Waals surface area contributed by atoms with Gasteiger partial charge in [-0.1, -0.05) is 6.07 Å². The molecule has 0 saturated carbocycles. The number of hydrogen-bond donors (Lipinski definition) is 3. The van der Waals surface area contributed by atoms with E-state index < -0.39 is 5.60 Å². The second kappa shape index (κ2) is 8.65. The first kappa shape index (κ1) is 18.2. The summed E-state index contributed by atoms with van der Waals surface area (Å²) in [6.45, 7) is 2.22. The maximum absolute atomic E-state index is 12.4. The summed E-state index contributed by atoms with van der Waals surface area (Å²) in [6.07, 6.45) is 1.29. The molecule has 0 radical (unpaired) electrons. The van der Waals surface area contributed by atoms with E-state index in [0.29, 0.717) is 37.2 Å². The smallest absolute Gasteiger partial charge is 0.252 e. The Labute approximate surface area is 142 Å². The summed E-state index contributed by atoms with van der Waals surface area (Å²) in [5.41, 5.74) is -0.241. The van der Waals surface area contributed by atoms with Crippen molar-refractivity contribution in [3.8, 4) is 5.75 Å². The zero-order valence-electron chi connectivity index (χ0n) is 14.2. The number of hydrogen-bond acceptors (Lipinski definition) is 5. The topological polar surface area (TPSA) is 88.7 Å². The van der Waals surface area contributed by atoms with Gasteiger partial charge in [0, 0.05) is 25.8 Å². The van der Waals surface area contributed by atoms with Crippen molar-refractivity contribution in [3.05, 3.63) is 29.8 Å². The molecule has 7 nitrogen and oxygen atoms in total. The van der Waals surface area contributed by atoms with Gasteiger partial charge in [-0.05, 0) is 44.1 Å². The average Bonchev–Trinajstić information content (AvgIpc) is 2.65. The lowest BCUT2D eigenvalue weighted by Gasteiger charge is -2.34. The van der Waals surface area contributed by atoms with E-state index in [0.717, 1.165) is 13.1 Å². The van der Waals surface area contributed by atoms with Crippen molar-refractivity contribution in [2.75, 3.05) is 40.4 Å². The molecule has 1 aromatic rings. The van der Waals surface area contributed by atoms with Crippen molar-refractivity contribution in [2.45, 2.75) is 18.4 Å². The van der Waals surface area contributed by atoms with E-state index in [4.69, 9.17) is 9.47 Å².